The lowest BCUT2D eigenvalue weighted by Gasteiger charge is -2.40. The van der Waals surface area contributed by atoms with Crippen LogP contribution in [0.25, 0.3) is 0 Å². The number of methoxy groups -OCH3 is 1. The van der Waals surface area contributed by atoms with E-state index in [2.05, 4.69) is 5.32 Å². The summed E-state index contributed by atoms with van der Waals surface area (Å²) >= 11 is 0. The van der Waals surface area contributed by atoms with Crippen LogP contribution in [0.5, 0.6) is 11.5 Å². The fourth-order valence-electron chi connectivity index (χ4n) is 5.26. The molecule has 1 aliphatic heterocycles. The van der Waals surface area contributed by atoms with Gasteiger partial charge in [0.1, 0.15) is 35.7 Å². The minimum atomic E-state index is -1.98. The van der Waals surface area contributed by atoms with E-state index in [0.717, 1.165) is 18.4 Å². The van der Waals surface area contributed by atoms with Gasteiger partial charge in [0, 0.05) is 43.9 Å². The first-order chi connectivity index (χ1) is 19.8. The fourth-order valence-corrected chi connectivity index (χ4v) is 5.26. The Kier molecular flexibility index (Phi) is 11.1. The van der Waals surface area contributed by atoms with E-state index in [-0.39, 0.29) is 50.0 Å². The lowest BCUT2D eigenvalue weighted by atomic mass is 9.79. The van der Waals surface area contributed by atoms with Gasteiger partial charge in [-0.15, -0.1) is 0 Å². The first-order valence-electron chi connectivity index (χ1n) is 14.1. The molecule has 42 heavy (non-hydrogen) atoms. The topological polar surface area (TPSA) is 178 Å². The van der Waals surface area contributed by atoms with Gasteiger partial charge in [-0.1, -0.05) is 25.0 Å². The zero-order valence-electron chi connectivity index (χ0n) is 24.8. The molecule has 2 aliphatic rings. The number of benzene rings is 1. The standard InChI is InChI=1S/C30H41NO11/c1-6-7-12-31-29(37)30(38)13-21(33)25(35)22(14-30)42-23(34)11-9-16(2)8-10-19-26(39-5)17(3)20-15-40-28(36)24(20)27(19)41-18(4)32/h8,21-22,25,33,35,38H,6-7,9-15H2,1-5H3,(H,31,37)/b16-8+/t21-,22-,25-,30+/m1/s1. The average molecular weight is 592 g/mol. The molecular weight excluding hydrogens is 550 g/mol. The third-order valence-electron chi connectivity index (χ3n) is 7.63. The van der Waals surface area contributed by atoms with Crippen molar-refractivity contribution in [2.45, 2.75) is 103 Å². The van der Waals surface area contributed by atoms with E-state index in [9.17, 15) is 34.5 Å². The lowest BCUT2D eigenvalue weighted by Crippen LogP contribution is -2.59. The summed E-state index contributed by atoms with van der Waals surface area (Å²) in [5.41, 5.74) is 0.777. The second kappa shape index (κ2) is 14.1. The third kappa shape index (κ3) is 7.47. The van der Waals surface area contributed by atoms with Crippen LogP contribution in [-0.4, -0.2) is 76.7 Å². The van der Waals surface area contributed by atoms with Crippen molar-refractivity contribution in [1.82, 2.24) is 5.32 Å². The van der Waals surface area contributed by atoms with Crippen LogP contribution >= 0.6 is 0 Å². The molecule has 0 unspecified atom stereocenters. The van der Waals surface area contributed by atoms with Gasteiger partial charge in [-0.3, -0.25) is 14.4 Å². The minimum absolute atomic E-state index is 0.0511. The molecule has 1 fully saturated rings. The molecule has 1 aromatic rings. The van der Waals surface area contributed by atoms with E-state index in [4.69, 9.17) is 18.9 Å². The van der Waals surface area contributed by atoms with Crippen molar-refractivity contribution in [2.75, 3.05) is 13.7 Å². The third-order valence-corrected chi connectivity index (χ3v) is 7.63. The second-order valence-electron chi connectivity index (χ2n) is 10.9. The van der Waals surface area contributed by atoms with Gasteiger partial charge >= 0.3 is 17.9 Å². The summed E-state index contributed by atoms with van der Waals surface area (Å²) in [6.07, 6.45) is -1.10. The summed E-state index contributed by atoms with van der Waals surface area (Å²) in [4.78, 5) is 49.5. The van der Waals surface area contributed by atoms with Crippen LogP contribution in [0, 0.1) is 6.92 Å². The number of amides is 1. The summed E-state index contributed by atoms with van der Waals surface area (Å²) in [7, 11) is 1.48. The van der Waals surface area contributed by atoms with Crippen LogP contribution in [0.3, 0.4) is 0 Å². The number of aliphatic hydroxyl groups is 3. The van der Waals surface area contributed by atoms with Gasteiger partial charge in [-0.2, -0.15) is 0 Å². The maximum atomic E-state index is 12.7. The van der Waals surface area contributed by atoms with Gasteiger partial charge in [-0.25, -0.2) is 4.79 Å². The van der Waals surface area contributed by atoms with E-state index in [1.807, 2.05) is 13.0 Å². The number of fused-ring (bicyclic) bond motifs is 1. The number of esters is 3. The SMILES string of the molecule is CCCCNC(=O)[C@]1(O)C[C@@H](O)[C@@H](O)[C@H](OC(=O)CC/C(C)=C/Cc2c(OC)c(C)c3c(c2OC(C)=O)C(=O)OC3)C1. The molecule has 3 rings (SSSR count). The molecule has 12 heteroatoms. The number of hydrogen-bond acceptors (Lipinski definition) is 11. The molecule has 232 valence electrons. The van der Waals surface area contributed by atoms with Crippen molar-refractivity contribution >= 4 is 23.8 Å². The molecule has 0 spiro atoms. The summed E-state index contributed by atoms with van der Waals surface area (Å²) in [6.45, 7) is 7.18. The van der Waals surface area contributed by atoms with Crippen molar-refractivity contribution in [3.8, 4) is 11.5 Å². The molecule has 12 nitrogen and oxygen atoms in total. The largest absolute Gasteiger partial charge is 0.496 e. The Morgan fingerprint density at radius 2 is 1.86 bits per heavy atom. The molecule has 4 N–H and O–H groups in total. The van der Waals surface area contributed by atoms with E-state index in [1.54, 1.807) is 13.8 Å². The Morgan fingerprint density at radius 1 is 1.14 bits per heavy atom. The zero-order chi connectivity index (χ0) is 31.2. The van der Waals surface area contributed by atoms with Gasteiger partial charge < -0.3 is 39.6 Å². The molecule has 0 aromatic heterocycles. The zero-order valence-corrected chi connectivity index (χ0v) is 24.8. The minimum Gasteiger partial charge on any atom is -0.496 e. The number of carbonyl (C=O) groups is 4. The van der Waals surface area contributed by atoms with E-state index in [0.29, 0.717) is 29.0 Å². The number of cyclic esters (lactones) is 1. The van der Waals surface area contributed by atoms with Crippen LogP contribution in [0.4, 0.5) is 0 Å². The average Bonchev–Trinajstić information content (AvgIpc) is 3.32. The normalized spacial score (nSPS) is 23.6. The first-order valence-corrected chi connectivity index (χ1v) is 14.1. The van der Waals surface area contributed by atoms with Crippen molar-refractivity contribution in [3.63, 3.8) is 0 Å². The number of nitrogens with one attached hydrogen (secondary N) is 1. The Bertz CT molecular complexity index is 1240. The molecular formula is C30H41NO11. The van der Waals surface area contributed by atoms with Gasteiger partial charge in [0.25, 0.3) is 5.91 Å². The Labute approximate surface area is 245 Å². The lowest BCUT2D eigenvalue weighted by molar-refractivity contribution is -0.190. The van der Waals surface area contributed by atoms with E-state index >= 15 is 0 Å². The van der Waals surface area contributed by atoms with Crippen molar-refractivity contribution in [2.24, 2.45) is 0 Å². The van der Waals surface area contributed by atoms with E-state index < -0.39 is 47.7 Å². The smallest absolute Gasteiger partial charge is 0.342 e. The summed E-state index contributed by atoms with van der Waals surface area (Å²) in [5, 5.41) is 34.1. The number of hydrogen-bond donors (Lipinski definition) is 4. The number of unbranched alkanes of at least 4 members (excludes halogenated alkanes) is 1. The number of aliphatic hydroxyl groups excluding tert-OH is 2. The highest BCUT2D eigenvalue weighted by atomic mass is 16.6. The predicted molar refractivity (Wildman–Crippen MR) is 149 cm³/mol. The first kappa shape index (κ1) is 33.0. The van der Waals surface area contributed by atoms with Crippen LogP contribution in [0.15, 0.2) is 11.6 Å². The Balaban J connectivity index is 1.68. The molecule has 0 radical (unpaired) electrons. The van der Waals surface area contributed by atoms with Gasteiger partial charge in [-0.05, 0) is 38.7 Å². The summed E-state index contributed by atoms with van der Waals surface area (Å²) < 4.78 is 21.6. The van der Waals surface area contributed by atoms with Crippen LogP contribution in [-0.2, 0) is 36.9 Å². The molecule has 4 atom stereocenters. The van der Waals surface area contributed by atoms with Crippen molar-refractivity contribution in [1.29, 1.82) is 0 Å². The second-order valence-corrected chi connectivity index (χ2v) is 10.9. The number of carbonyl (C=O) groups excluding carboxylic acids is 4. The number of ether oxygens (including phenoxy) is 4. The molecule has 1 aliphatic carbocycles. The van der Waals surface area contributed by atoms with Gasteiger partial charge in [0.15, 0.2) is 5.75 Å². The molecule has 1 heterocycles. The van der Waals surface area contributed by atoms with Gasteiger partial charge in [0.05, 0.1) is 13.2 Å². The Morgan fingerprint density at radius 3 is 2.50 bits per heavy atom. The highest BCUT2D eigenvalue weighted by molar-refractivity contribution is 5.99. The number of rotatable bonds is 12. The summed E-state index contributed by atoms with van der Waals surface area (Å²) in [6, 6.07) is 0. The van der Waals surface area contributed by atoms with E-state index in [1.165, 1.54) is 14.0 Å². The maximum Gasteiger partial charge on any atom is 0.342 e. The van der Waals surface area contributed by atoms with Crippen LogP contribution in [0.1, 0.15) is 86.3 Å². The van der Waals surface area contributed by atoms with Gasteiger partial charge in [0.2, 0.25) is 0 Å². The molecule has 0 bridgehead atoms. The molecule has 1 aromatic carbocycles. The van der Waals surface area contributed by atoms with Crippen molar-refractivity contribution in [3.05, 3.63) is 33.9 Å². The van der Waals surface area contributed by atoms with Crippen LogP contribution < -0.4 is 14.8 Å². The molecule has 1 amide bonds. The Hall–Kier alpha value is -3.48. The molecule has 0 saturated heterocycles. The fraction of sp³-hybridized carbons (Fsp3) is 0.600. The van der Waals surface area contributed by atoms with Crippen molar-refractivity contribution < 1.29 is 53.4 Å². The quantitative estimate of drug-likeness (QED) is 0.121. The highest BCUT2D eigenvalue weighted by Gasteiger charge is 2.50. The monoisotopic (exact) mass is 591 g/mol. The predicted octanol–water partition coefficient (Wildman–Crippen LogP) is 1.94. The summed E-state index contributed by atoms with van der Waals surface area (Å²) in [5.74, 6) is -2.00. The van der Waals surface area contributed by atoms with Crippen LogP contribution in [0.2, 0.25) is 0 Å². The highest BCUT2D eigenvalue weighted by Crippen LogP contribution is 2.43. The maximum absolute atomic E-state index is 12.7. The number of allylic oxidation sites excluding steroid dienone is 2. The molecule has 1 saturated carbocycles.